The second-order valence-corrected chi connectivity index (χ2v) is 4.57. The van der Waals surface area contributed by atoms with Gasteiger partial charge in [-0.25, -0.2) is 0 Å². The molecule has 0 atom stereocenters. The number of hydrogen-bond donors (Lipinski definition) is 1. The second kappa shape index (κ2) is 5.12. The lowest BCUT2D eigenvalue weighted by atomic mass is 9.95. The highest BCUT2D eigenvalue weighted by molar-refractivity contribution is 6.31. The monoisotopic (exact) mass is 257 g/mol. The van der Waals surface area contributed by atoms with Crippen LogP contribution in [0.15, 0.2) is 6.07 Å². The van der Waals surface area contributed by atoms with E-state index in [1.54, 1.807) is 13.2 Å². The minimum absolute atomic E-state index is 0.256. The maximum absolute atomic E-state index is 6.26. The summed E-state index contributed by atoms with van der Waals surface area (Å²) >= 11 is 6.26. The predicted molar refractivity (Wildman–Crippen MR) is 65.5 cm³/mol. The Labute approximate surface area is 106 Å². The molecule has 0 aromatic heterocycles. The average molecular weight is 258 g/mol. The number of hydroxylamine groups is 1. The van der Waals surface area contributed by atoms with Gasteiger partial charge in [0.1, 0.15) is 0 Å². The first-order valence-electron chi connectivity index (χ1n) is 5.51. The van der Waals surface area contributed by atoms with E-state index in [0.717, 1.165) is 22.6 Å². The van der Waals surface area contributed by atoms with Crippen molar-refractivity contribution in [2.75, 3.05) is 13.9 Å². The van der Waals surface area contributed by atoms with Gasteiger partial charge in [-0.2, -0.15) is 5.48 Å². The van der Waals surface area contributed by atoms with Crippen LogP contribution in [0.1, 0.15) is 30.9 Å². The number of hydrogen-bond acceptors (Lipinski definition) is 4. The quantitative estimate of drug-likeness (QED) is 0.842. The lowest BCUT2D eigenvalue weighted by molar-refractivity contribution is 0.0864. The minimum Gasteiger partial charge on any atom is -0.454 e. The molecular weight excluding hydrogens is 242 g/mol. The van der Waals surface area contributed by atoms with E-state index in [9.17, 15) is 0 Å². The molecule has 1 aromatic carbocycles. The lowest BCUT2D eigenvalue weighted by Gasteiger charge is -2.17. The molecule has 5 heteroatoms. The topological polar surface area (TPSA) is 39.7 Å². The Morgan fingerprint density at radius 2 is 2.24 bits per heavy atom. The summed E-state index contributed by atoms with van der Waals surface area (Å²) < 4.78 is 10.9. The fourth-order valence-electron chi connectivity index (χ4n) is 2.01. The molecular formula is C12H16ClNO3. The summed E-state index contributed by atoms with van der Waals surface area (Å²) in [7, 11) is 1.58. The summed E-state index contributed by atoms with van der Waals surface area (Å²) in [5, 5.41) is 0.669. The van der Waals surface area contributed by atoms with E-state index in [1.807, 2.05) is 0 Å². The molecule has 0 spiro atoms. The second-order valence-electron chi connectivity index (χ2n) is 4.16. The molecule has 94 valence electrons. The highest BCUT2D eigenvalue weighted by Gasteiger charge is 2.25. The predicted octanol–water partition coefficient (Wildman–Crippen LogP) is 2.84. The van der Waals surface area contributed by atoms with Crippen molar-refractivity contribution < 1.29 is 14.3 Å². The van der Waals surface area contributed by atoms with Gasteiger partial charge in [-0.05, 0) is 11.5 Å². The van der Waals surface area contributed by atoms with Crippen molar-refractivity contribution in [3.63, 3.8) is 0 Å². The van der Waals surface area contributed by atoms with Gasteiger partial charge in [-0.1, -0.05) is 25.4 Å². The van der Waals surface area contributed by atoms with E-state index in [1.165, 1.54) is 0 Å². The molecule has 2 rings (SSSR count). The normalized spacial score (nSPS) is 13.5. The molecule has 1 N–H and O–H groups in total. The summed E-state index contributed by atoms with van der Waals surface area (Å²) in [6, 6.07) is 1.79. The molecule has 4 nitrogen and oxygen atoms in total. The van der Waals surface area contributed by atoms with E-state index in [2.05, 4.69) is 19.3 Å². The highest BCUT2D eigenvalue weighted by Crippen LogP contribution is 2.44. The Balaban J connectivity index is 2.48. The standard InChI is InChI=1S/C12H16ClNO3/c1-7(2)11-8(5-14-15-3)9(13)4-10-12(11)17-6-16-10/h4,7,14H,5-6H2,1-3H3. The Hall–Kier alpha value is -0.970. The van der Waals surface area contributed by atoms with Crippen molar-refractivity contribution in [3.8, 4) is 11.5 Å². The lowest BCUT2D eigenvalue weighted by Crippen LogP contribution is -2.13. The highest BCUT2D eigenvalue weighted by atomic mass is 35.5. The summed E-state index contributed by atoms with van der Waals surface area (Å²) in [5.74, 6) is 1.83. The molecule has 0 amide bonds. The zero-order valence-electron chi connectivity index (χ0n) is 10.2. The van der Waals surface area contributed by atoms with Crippen LogP contribution in [0.4, 0.5) is 0 Å². The molecule has 1 aliphatic rings. The smallest absolute Gasteiger partial charge is 0.231 e. The van der Waals surface area contributed by atoms with Crippen molar-refractivity contribution >= 4 is 11.6 Å². The molecule has 1 aromatic rings. The van der Waals surface area contributed by atoms with Gasteiger partial charge in [-0.15, -0.1) is 0 Å². The zero-order valence-corrected chi connectivity index (χ0v) is 10.9. The number of halogens is 1. The maximum atomic E-state index is 6.26. The molecule has 17 heavy (non-hydrogen) atoms. The largest absolute Gasteiger partial charge is 0.454 e. The van der Waals surface area contributed by atoms with Crippen LogP contribution in [-0.2, 0) is 11.4 Å². The van der Waals surface area contributed by atoms with Crippen molar-refractivity contribution in [2.24, 2.45) is 0 Å². The Bertz CT molecular complexity index is 421. The van der Waals surface area contributed by atoms with Crippen LogP contribution in [0, 0.1) is 0 Å². The Kier molecular flexibility index (Phi) is 3.76. The van der Waals surface area contributed by atoms with E-state index in [0.29, 0.717) is 17.5 Å². The van der Waals surface area contributed by atoms with Crippen LogP contribution >= 0.6 is 11.6 Å². The number of benzene rings is 1. The van der Waals surface area contributed by atoms with Gasteiger partial charge in [0.15, 0.2) is 11.5 Å². The molecule has 0 saturated heterocycles. The van der Waals surface area contributed by atoms with Gasteiger partial charge in [-0.3, -0.25) is 0 Å². The van der Waals surface area contributed by atoms with Gasteiger partial charge < -0.3 is 14.3 Å². The van der Waals surface area contributed by atoms with Crippen LogP contribution < -0.4 is 15.0 Å². The van der Waals surface area contributed by atoms with E-state index in [4.69, 9.17) is 25.9 Å². The van der Waals surface area contributed by atoms with Crippen LogP contribution in [0.5, 0.6) is 11.5 Å². The molecule has 0 radical (unpaired) electrons. The van der Waals surface area contributed by atoms with E-state index >= 15 is 0 Å². The zero-order chi connectivity index (χ0) is 12.4. The van der Waals surface area contributed by atoms with Gasteiger partial charge >= 0.3 is 0 Å². The number of nitrogens with one attached hydrogen (secondary N) is 1. The summed E-state index contributed by atoms with van der Waals surface area (Å²) in [6.45, 7) is 5.00. The summed E-state index contributed by atoms with van der Waals surface area (Å²) in [6.07, 6.45) is 0. The van der Waals surface area contributed by atoms with Gasteiger partial charge in [0.25, 0.3) is 0 Å². The van der Waals surface area contributed by atoms with Crippen LogP contribution in [0.3, 0.4) is 0 Å². The third-order valence-electron chi connectivity index (χ3n) is 2.73. The maximum Gasteiger partial charge on any atom is 0.231 e. The SMILES string of the molecule is CONCc1c(Cl)cc2c(c1C(C)C)OCO2. The molecule has 0 bridgehead atoms. The van der Waals surface area contributed by atoms with Crippen molar-refractivity contribution in [2.45, 2.75) is 26.3 Å². The van der Waals surface area contributed by atoms with Crippen molar-refractivity contribution in [3.05, 3.63) is 22.2 Å². The summed E-state index contributed by atoms with van der Waals surface area (Å²) in [5.41, 5.74) is 4.88. The average Bonchev–Trinajstić information content (AvgIpc) is 2.72. The first-order valence-corrected chi connectivity index (χ1v) is 5.89. The van der Waals surface area contributed by atoms with Crippen LogP contribution in [0.2, 0.25) is 5.02 Å². The third kappa shape index (κ3) is 2.34. The fourth-order valence-corrected chi connectivity index (χ4v) is 2.28. The Morgan fingerprint density at radius 1 is 1.47 bits per heavy atom. The number of ether oxygens (including phenoxy) is 2. The summed E-state index contributed by atoms with van der Waals surface area (Å²) in [4.78, 5) is 4.87. The first-order chi connectivity index (χ1) is 8.15. The molecule has 0 saturated carbocycles. The van der Waals surface area contributed by atoms with Gasteiger partial charge in [0.2, 0.25) is 6.79 Å². The van der Waals surface area contributed by atoms with Crippen molar-refractivity contribution in [1.29, 1.82) is 0 Å². The fraction of sp³-hybridized carbons (Fsp3) is 0.500. The first kappa shape index (κ1) is 12.5. The van der Waals surface area contributed by atoms with Crippen molar-refractivity contribution in [1.82, 2.24) is 5.48 Å². The Morgan fingerprint density at radius 3 is 2.88 bits per heavy atom. The van der Waals surface area contributed by atoms with Gasteiger partial charge in [0.05, 0.1) is 7.11 Å². The number of fused-ring (bicyclic) bond motifs is 1. The van der Waals surface area contributed by atoms with Crippen LogP contribution in [0.25, 0.3) is 0 Å². The molecule has 1 heterocycles. The van der Waals surface area contributed by atoms with E-state index in [-0.39, 0.29) is 6.79 Å². The minimum atomic E-state index is 0.256. The molecule has 0 fully saturated rings. The van der Waals surface area contributed by atoms with E-state index < -0.39 is 0 Å². The third-order valence-corrected chi connectivity index (χ3v) is 3.07. The van der Waals surface area contributed by atoms with Gasteiger partial charge in [0, 0.05) is 23.2 Å². The molecule has 0 unspecified atom stereocenters. The number of rotatable bonds is 4. The molecule has 1 aliphatic heterocycles. The molecule has 0 aliphatic carbocycles. The van der Waals surface area contributed by atoms with Crippen LogP contribution in [-0.4, -0.2) is 13.9 Å².